The van der Waals surface area contributed by atoms with Gasteiger partial charge in [-0.2, -0.15) is 0 Å². The van der Waals surface area contributed by atoms with Crippen LogP contribution < -0.4 is 16.6 Å². The van der Waals surface area contributed by atoms with Gasteiger partial charge in [-0.25, -0.2) is 0 Å². The molecule has 1 aromatic rings. The minimum atomic E-state index is 0.336. The first-order valence-electron chi connectivity index (χ1n) is 4.48. The van der Waals surface area contributed by atoms with Crippen molar-refractivity contribution in [3.8, 4) is 0 Å². The smallest absolute Gasteiger partial charge is 0.0416 e. The molecule has 1 fully saturated rings. The van der Waals surface area contributed by atoms with E-state index in [4.69, 9.17) is 5.84 Å². The molecule has 0 saturated carbocycles. The molecule has 0 aliphatic carbocycles. The summed E-state index contributed by atoms with van der Waals surface area (Å²) in [5.41, 5.74) is 4.12. The van der Waals surface area contributed by atoms with E-state index in [1.165, 1.54) is 5.56 Å². The Kier molecular flexibility index (Phi) is 2.54. The van der Waals surface area contributed by atoms with Crippen molar-refractivity contribution in [3.05, 3.63) is 30.1 Å². The first kappa shape index (κ1) is 8.62. The van der Waals surface area contributed by atoms with Gasteiger partial charge in [-0.3, -0.25) is 16.3 Å². The van der Waals surface area contributed by atoms with Crippen LogP contribution in [0.25, 0.3) is 0 Å². The van der Waals surface area contributed by atoms with E-state index in [-0.39, 0.29) is 0 Å². The van der Waals surface area contributed by atoms with Crippen molar-refractivity contribution in [2.45, 2.75) is 12.0 Å². The summed E-state index contributed by atoms with van der Waals surface area (Å²) in [6.07, 6.45) is 3.64. The van der Waals surface area contributed by atoms with Crippen LogP contribution in [0, 0.1) is 0 Å². The third-order valence-corrected chi connectivity index (χ3v) is 2.56. The maximum absolute atomic E-state index is 5.46. The van der Waals surface area contributed by atoms with E-state index in [2.05, 4.69) is 15.7 Å². The second kappa shape index (κ2) is 3.83. The van der Waals surface area contributed by atoms with Gasteiger partial charge in [-0.15, -0.1) is 0 Å². The van der Waals surface area contributed by atoms with Crippen LogP contribution in [0.15, 0.2) is 24.5 Å². The predicted molar refractivity (Wildman–Crippen MR) is 51.0 cm³/mol. The van der Waals surface area contributed by atoms with Crippen molar-refractivity contribution < 1.29 is 0 Å². The Balaban J connectivity index is 2.16. The minimum absolute atomic E-state index is 0.336. The van der Waals surface area contributed by atoms with Gasteiger partial charge < -0.3 is 5.32 Å². The number of pyridine rings is 1. The van der Waals surface area contributed by atoms with Gasteiger partial charge in [0.1, 0.15) is 0 Å². The molecular weight excluding hydrogens is 164 g/mol. The number of rotatable bonds is 2. The molecule has 2 rings (SSSR count). The molecule has 4 N–H and O–H groups in total. The Morgan fingerprint density at radius 1 is 1.38 bits per heavy atom. The van der Waals surface area contributed by atoms with Crippen LogP contribution >= 0.6 is 0 Å². The summed E-state index contributed by atoms with van der Waals surface area (Å²) in [4.78, 5) is 4.00. The molecule has 0 unspecified atom stereocenters. The van der Waals surface area contributed by atoms with Crippen LogP contribution in [0.2, 0.25) is 0 Å². The summed E-state index contributed by atoms with van der Waals surface area (Å²) in [5.74, 6) is 5.92. The third kappa shape index (κ3) is 1.70. The van der Waals surface area contributed by atoms with Crippen molar-refractivity contribution >= 4 is 0 Å². The number of aromatic nitrogens is 1. The Morgan fingerprint density at radius 3 is 2.85 bits per heavy atom. The summed E-state index contributed by atoms with van der Waals surface area (Å²) in [5, 5.41) is 3.31. The van der Waals surface area contributed by atoms with E-state index in [0.29, 0.717) is 12.0 Å². The molecule has 4 nitrogen and oxygen atoms in total. The maximum atomic E-state index is 5.46. The third-order valence-electron chi connectivity index (χ3n) is 2.56. The highest BCUT2D eigenvalue weighted by molar-refractivity contribution is 5.20. The quantitative estimate of drug-likeness (QED) is 0.426. The van der Waals surface area contributed by atoms with Crippen LogP contribution in [0.3, 0.4) is 0 Å². The van der Waals surface area contributed by atoms with Gasteiger partial charge in [0.05, 0.1) is 0 Å². The molecule has 0 aromatic carbocycles. The molecule has 0 radical (unpaired) electrons. The Morgan fingerprint density at radius 2 is 2.15 bits per heavy atom. The standard InChI is InChI=1S/C9H14N4/c10-13-9-6-12-5-8(9)7-1-3-11-4-2-7/h1-4,8-9,12-13H,5-6,10H2/t8-,9+/m0/s1. The van der Waals surface area contributed by atoms with Crippen molar-refractivity contribution in [1.82, 2.24) is 15.7 Å². The lowest BCUT2D eigenvalue weighted by Gasteiger charge is -2.17. The molecule has 2 heterocycles. The number of hydrazine groups is 1. The zero-order valence-electron chi connectivity index (χ0n) is 7.40. The van der Waals surface area contributed by atoms with Crippen molar-refractivity contribution in [2.24, 2.45) is 5.84 Å². The average molecular weight is 178 g/mol. The van der Waals surface area contributed by atoms with Gasteiger partial charge >= 0.3 is 0 Å². The maximum Gasteiger partial charge on any atom is 0.0416 e. The molecule has 13 heavy (non-hydrogen) atoms. The Bertz CT molecular complexity index is 262. The van der Waals surface area contributed by atoms with E-state index < -0.39 is 0 Å². The zero-order chi connectivity index (χ0) is 9.10. The van der Waals surface area contributed by atoms with Crippen molar-refractivity contribution in [2.75, 3.05) is 13.1 Å². The Hall–Kier alpha value is -0.970. The average Bonchev–Trinajstić information content (AvgIpc) is 2.67. The molecule has 1 saturated heterocycles. The van der Waals surface area contributed by atoms with Gasteiger partial charge in [0.2, 0.25) is 0 Å². The molecule has 1 aromatic heterocycles. The first-order valence-corrected chi connectivity index (χ1v) is 4.48. The molecule has 4 heteroatoms. The minimum Gasteiger partial charge on any atom is -0.314 e. The topological polar surface area (TPSA) is 63.0 Å². The summed E-state index contributed by atoms with van der Waals surface area (Å²) in [6, 6.07) is 4.42. The highest BCUT2D eigenvalue weighted by Gasteiger charge is 2.26. The summed E-state index contributed by atoms with van der Waals surface area (Å²) < 4.78 is 0. The van der Waals surface area contributed by atoms with E-state index in [9.17, 15) is 0 Å². The summed E-state index contributed by atoms with van der Waals surface area (Å²) in [7, 11) is 0. The number of nitrogens with one attached hydrogen (secondary N) is 2. The van der Waals surface area contributed by atoms with Gasteiger partial charge in [0.25, 0.3) is 0 Å². The van der Waals surface area contributed by atoms with Crippen molar-refractivity contribution in [1.29, 1.82) is 0 Å². The lowest BCUT2D eigenvalue weighted by atomic mass is 9.96. The van der Waals surface area contributed by atoms with Crippen LogP contribution in [0.1, 0.15) is 11.5 Å². The van der Waals surface area contributed by atoms with Gasteiger partial charge in [0.15, 0.2) is 0 Å². The predicted octanol–water partition coefficient (Wildman–Crippen LogP) is -0.400. The number of hydrogen-bond donors (Lipinski definition) is 3. The second-order valence-electron chi connectivity index (χ2n) is 3.32. The first-order chi connectivity index (χ1) is 6.42. The lowest BCUT2D eigenvalue weighted by Crippen LogP contribution is -2.39. The van der Waals surface area contributed by atoms with Crippen LogP contribution in [0.5, 0.6) is 0 Å². The second-order valence-corrected chi connectivity index (χ2v) is 3.32. The van der Waals surface area contributed by atoms with E-state index in [1.54, 1.807) is 0 Å². The fourth-order valence-electron chi connectivity index (χ4n) is 1.81. The van der Waals surface area contributed by atoms with Gasteiger partial charge in [0, 0.05) is 37.4 Å². The highest BCUT2D eigenvalue weighted by atomic mass is 15.3. The highest BCUT2D eigenvalue weighted by Crippen LogP contribution is 2.21. The van der Waals surface area contributed by atoms with Crippen LogP contribution in [0.4, 0.5) is 0 Å². The lowest BCUT2D eigenvalue weighted by molar-refractivity contribution is 0.520. The summed E-state index contributed by atoms with van der Waals surface area (Å²) >= 11 is 0. The molecule has 2 atom stereocenters. The van der Waals surface area contributed by atoms with Crippen molar-refractivity contribution in [3.63, 3.8) is 0 Å². The molecule has 1 aliphatic rings. The van der Waals surface area contributed by atoms with Crippen LogP contribution in [-0.2, 0) is 0 Å². The SMILES string of the molecule is NN[C@@H]1CNC[C@H]1c1ccncc1. The largest absolute Gasteiger partial charge is 0.314 e. The molecule has 0 amide bonds. The number of nitrogens with two attached hydrogens (primary N) is 1. The number of nitrogens with zero attached hydrogens (tertiary/aromatic N) is 1. The Labute approximate surface area is 77.5 Å². The molecule has 0 bridgehead atoms. The van der Waals surface area contributed by atoms with E-state index in [0.717, 1.165) is 13.1 Å². The monoisotopic (exact) mass is 178 g/mol. The molecule has 0 spiro atoms. The van der Waals surface area contributed by atoms with Gasteiger partial charge in [-0.05, 0) is 17.7 Å². The summed E-state index contributed by atoms with van der Waals surface area (Å²) in [6.45, 7) is 1.92. The zero-order valence-corrected chi connectivity index (χ0v) is 7.40. The molecular formula is C9H14N4. The number of hydrogen-bond acceptors (Lipinski definition) is 4. The van der Waals surface area contributed by atoms with Crippen LogP contribution in [-0.4, -0.2) is 24.1 Å². The normalized spacial score (nSPS) is 27.8. The fraction of sp³-hybridized carbons (Fsp3) is 0.444. The molecule has 1 aliphatic heterocycles. The van der Waals surface area contributed by atoms with Gasteiger partial charge in [-0.1, -0.05) is 0 Å². The van der Waals surface area contributed by atoms with E-state index in [1.807, 2.05) is 24.5 Å². The molecule has 70 valence electrons. The van der Waals surface area contributed by atoms with E-state index >= 15 is 0 Å². The fourth-order valence-corrected chi connectivity index (χ4v) is 1.81.